The van der Waals surface area contributed by atoms with Crippen LogP contribution in [0.1, 0.15) is 94.0 Å². The molecule has 0 N–H and O–H groups in total. The van der Waals surface area contributed by atoms with Gasteiger partial charge >= 0.3 is 345 Å². The van der Waals surface area contributed by atoms with Crippen LogP contribution in [0.4, 0.5) is 39.5 Å². The molecule has 2 aliphatic rings. The van der Waals surface area contributed by atoms with E-state index in [0.717, 1.165) is 51.9 Å². The standard InChI is InChI=1S/C22H25.C21H14F9.C2H7Si.2ClH.Zr/c1-5-16(4)20-13-19-7-6-8-21(22(19)14-20)18-11-9-17(10-12-18)15(2)3;1-2-12-10-14-4-3-5-16(17(14)11-12)13-6-8-15(9-7-13)18(19(22,23)24,20(25,26)27)21(28,29)30;1-3-2;;;/h6-16H,5H2,1-4H3;3-11H,2H2,1H3;3H,1-2H3;2*1H;/q;;;;;+2/p-2. The molecule has 0 heterocycles. The summed E-state index contributed by atoms with van der Waals surface area (Å²) in [6.07, 6.45) is -14.5. The van der Waals surface area contributed by atoms with Crippen LogP contribution in [0.3, 0.4) is 0 Å². The molecule has 0 radical (unpaired) electrons. The third kappa shape index (κ3) is 6.84. The Morgan fingerprint density at radius 3 is 1.48 bits per heavy atom. The Kier molecular flexibility index (Phi) is 11.9. The van der Waals surface area contributed by atoms with Crippen molar-refractivity contribution in [2.75, 3.05) is 0 Å². The molecule has 0 fully saturated rings. The minimum absolute atomic E-state index is 0.142. The van der Waals surface area contributed by atoms with Crippen LogP contribution in [0, 0.1) is 5.92 Å². The van der Waals surface area contributed by atoms with Gasteiger partial charge in [0.1, 0.15) is 0 Å². The number of allylic oxidation sites excluding steroid dienone is 2. The van der Waals surface area contributed by atoms with Crippen LogP contribution in [0.2, 0.25) is 13.1 Å². The van der Waals surface area contributed by atoms with Crippen molar-refractivity contribution in [3.8, 4) is 22.3 Å². The molecule has 13 heteroatoms. The number of alkyl halides is 9. The molecule has 2 aliphatic carbocycles. The molecule has 0 aromatic heterocycles. The molecule has 0 nitrogen and oxygen atoms in total. The zero-order valence-corrected chi connectivity index (χ0v) is 38.3. The number of rotatable bonds is 10. The Labute approximate surface area is 343 Å². The van der Waals surface area contributed by atoms with Gasteiger partial charge in [-0.15, -0.1) is 0 Å². The molecule has 6 rings (SSSR count). The Morgan fingerprint density at radius 2 is 1.07 bits per heavy atom. The van der Waals surface area contributed by atoms with E-state index >= 15 is 0 Å². The van der Waals surface area contributed by atoms with Crippen LogP contribution in [-0.2, 0) is 21.0 Å². The fourth-order valence-corrected chi connectivity index (χ4v) is 40.9. The van der Waals surface area contributed by atoms with Gasteiger partial charge in [-0.3, -0.25) is 0 Å². The first kappa shape index (κ1) is 44.9. The van der Waals surface area contributed by atoms with Gasteiger partial charge in [0.2, 0.25) is 0 Å². The third-order valence-corrected chi connectivity index (χ3v) is 64.6. The SMILES string of the molecule is CCC1=Cc2c(-c3ccc(C(C(F)(F)F)(C(F)(F)F)C(F)(F)F)cc3)cccc2[CH]1[Zr]([Cl])([Cl])([CH]1C(C(C)CC)=Cc2c(-c3ccc(C(C)C)cc3)cccc21)[SiH](C)C. The second-order valence-electron chi connectivity index (χ2n) is 16.5. The van der Waals surface area contributed by atoms with Gasteiger partial charge in [-0.05, 0) is 0 Å². The van der Waals surface area contributed by atoms with Gasteiger partial charge in [-0.1, -0.05) is 0 Å². The zero-order valence-electron chi connectivity index (χ0n) is 33.2. The molecule has 311 valence electrons. The van der Waals surface area contributed by atoms with Crippen molar-refractivity contribution in [2.45, 2.75) is 97.7 Å². The molecule has 0 saturated heterocycles. The van der Waals surface area contributed by atoms with Crippen LogP contribution < -0.4 is 0 Å². The van der Waals surface area contributed by atoms with Gasteiger partial charge in [0, 0.05) is 0 Å². The molecule has 4 aromatic rings. The Bertz CT molecular complexity index is 2210. The van der Waals surface area contributed by atoms with Crippen molar-refractivity contribution in [1.29, 1.82) is 0 Å². The number of benzene rings is 4. The van der Waals surface area contributed by atoms with Gasteiger partial charge < -0.3 is 0 Å². The molecular weight excluding hydrogens is 902 g/mol. The molecular formula is C45H46Cl2F9SiZr. The Morgan fingerprint density at radius 1 is 0.621 bits per heavy atom. The van der Waals surface area contributed by atoms with Gasteiger partial charge in [-0.2, -0.15) is 0 Å². The number of hydrogen-bond donors (Lipinski definition) is 0. The topological polar surface area (TPSA) is 0 Å². The van der Waals surface area contributed by atoms with Crippen molar-refractivity contribution in [3.63, 3.8) is 0 Å². The van der Waals surface area contributed by atoms with E-state index in [1.807, 2.05) is 19.1 Å². The molecule has 0 saturated carbocycles. The summed E-state index contributed by atoms with van der Waals surface area (Å²) in [7, 11) is 17.1. The molecule has 3 atom stereocenters. The predicted octanol–water partition coefficient (Wildman–Crippen LogP) is 16.1. The molecule has 3 unspecified atom stereocenters. The van der Waals surface area contributed by atoms with Gasteiger partial charge in [-0.25, -0.2) is 0 Å². The number of hydrogen-bond acceptors (Lipinski definition) is 0. The molecule has 0 amide bonds. The van der Waals surface area contributed by atoms with Crippen LogP contribution >= 0.6 is 17.0 Å². The second-order valence-corrected chi connectivity index (χ2v) is 59.0. The summed E-state index contributed by atoms with van der Waals surface area (Å²) in [6, 6.07) is 22.6. The van der Waals surface area contributed by atoms with E-state index in [2.05, 4.69) is 89.3 Å². The Hall–Kier alpha value is -2.59. The normalized spacial score (nSPS) is 18.8. The summed E-state index contributed by atoms with van der Waals surface area (Å²) in [5, 5.41) is 0. The fourth-order valence-electron chi connectivity index (χ4n) is 9.38. The summed E-state index contributed by atoms with van der Waals surface area (Å²) < 4.78 is 125. The van der Waals surface area contributed by atoms with Crippen molar-refractivity contribution in [2.24, 2.45) is 5.92 Å². The van der Waals surface area contributed by atoms with Crippen molar-refractivity contribution >= 4 is 35.1 Å². The van der Waals surface area contributed by atoms with Crippen molar-refractivity contribution in [1.82, 2.24) is 0 Å². The van der Waals surface area contributed by atoms with Crippen LogP contribution in [-0.4, -0.2) is 24.5 Å². The third-order valence-electron chi connectivity index (χ3n) is 12.8. The molecule has 0 spiro atoms. The summed E-state index contributed by atoms with van der Waals surface area (Å²) in [5.74, 6) is -1.50. The van der Waals surface area contributed by atoms with Crippen LogP contribution in [0.25, 0.3) is 34.4 Å². The monoisotopic (exact) mass is 945 g/mol. The summed E-state index contributed by atoms with van der Waals surface area (Å²) in [6.45, 7) is 15.0. The summed E-state index contributed by atoms with van der Waals surface area (Å²) in [5.41, 5.74) is 1.83. The second kappa shape index (κ2) is 15.4. The Balaban J connectivity index is 1.53. The maximum absolute atomic E-state index is 14.0. The van der Waals surface area contributed by atoms with Gasteiger partial charge in [0.05, 0.1) is 0 Å². The number of halogens is 11. The molecule has 0 aliphatic heterocycles. The first-order chi connectivity index (χ1) is 26.9. The van der Waals surface area contributed by atoms with Crippen LogP contribution in [0.15, 0.2) is 96.1 Å². The van der Waals surface area contributed by atoms with Gasteiger partial charge in [0.25, 0.3) is 0 Å². The number of fused-ring (bicyclic) bond motifs is 2. The first-order valence-corrected chi connectivity index (χ1v) is 35.8. The van der Waals surface area contributed by atoms with Crippen molar-refractivity contribution in [3.05, 3.63) is 129 Å². The molecule has 58 heavy (non-hydrogen) atoms. The maximum atomic E-state index is 14.0. The average molecular weight is 948 g/mol. The average Bonchev–Trinajstić information content (AvgIpc) is 3.74. The van der Waals surface area contributed by atoms with E-state index in [9.17, 15) is 39.5 Å². The summed E-state index contributed by atoms with van der Waals surface area (Å²) in [4.78, 5) is 0. The van der Waals surface area contributed by atoms with Gasteiger partial charge in [0.15, 0.2) is 0 Å². The van der Waals surface area contributed by atoms with E-state index < -0.39 is 51.0 Å². The first-order valence-electron chi connectivity index (χ1n) is 19.5. The molecule has 4 aromatic carbocycles. The van der Waals surface area contributed by atoms with E-state index in [1.165, 1.54) is 11.1 Å². The fraction of sp³-hybridized carbons (Fsp3) is 0.378. The minimum atomic E-state index is -6.71. The van der Waals surface area contributed by atoms with E-state index in [1.54, 1.807) is 12.1 Å². The summed E-state index contributed by atoms with van der Waals surface area (Å²) >= 11 is -5.33. The van der Waals surface area contributed by atoms with E-state index in [4.69, 9.17) is 17.0 Å². The molecule has 0 bridgehead atoms. The zero-order chi connectivity index (χ0) is 43.0. The predicted molar refractivity (Wildman–Crippen MR) is 219 cm³/mol. The van der Waals surface area contributed by atoms with E-state index in [-0.39, 0.29) is 30.9 Å². The van der Waals surface area contributed by atoms with Crippen LogP contribution in [0.5, 0.6) is 0 Å². The van der Waals surface area contributed by atoms with E-state index in [0.29, 0.717) is 23.5 Å². The quantitative estimate of drug-likeness (QED) is 0.110. The van der Waals surface area contributed by atoms with Crippen molar-refractivity contribution < 1.29 is 55.1 Å².